The maximum atomic E-state index is 12.3. The molecule has 0 fully saturated rings. The minimum Gasteiger partial charge on any atom is -0.506 e. The third-order valence-corrected chi connectivity index (χ3v) is 5.04. The Hall–Kier alpha value is -3.62. The number of hydrazone groups is 1. The molecule has 0 aliphatic carbocycles. The number of likely N-dealkylation sites (N-methyl/N-ethyl adjacent to an activating group) is 1. The summed E-state index contributed by atoms with van der Waals surface area (Å²) in [6.07, 6.45) is 1.53. The van der Waals surface area contributed by atoms with Gasteiger partial charge in [-0.05, 0) is 49.8 Å². The van der Waals surface area contributed by atoms with Crippen LogP contribution in [0.3, 0.4) is 0 Å². The minimum atomic E-state index is -0.460. The van der Waals surface area contributed by atoms with E-state index in [1.54, 1.807) is 12.1 Å². The van der Waals surface area contributed by atoms with Gasteiger partial charge in [-0.25, -0.2) is 5.43 Å². The molecule has 0 aromatic heterocycles. The van der Waals surface area contributed by atoms with E-state index in [-0.39, 0.29) is 28.8 Å². The number of fused-ring (bicyclic) bond motifs is 1. The van der Waals surface area contributed by atoms with Crippen molar-refractivity contribution >= 4 is 40.4 Å². The third kappa shape index (κ3) is 6.68. The molecule has 3 N–H and O–H groups in total. The summed E-state index contributed by atoms with van der Waals surface area (Å²) < 4.78 is 5.74. The zero-order chi connectivity index (χ0) is 23.8. The summed E-state index contributed by atoms with van der Waals surface area (Å²) in [5.74, 6) is -0.175. The fourth-order valence-electron chi connectivity index (χ4n) is 3.02. The standard InChI is InChI=1S/C24H25ClN4O4/c1-29(2)12-11-26-23(31)15-33-22-10-8-17(18-5-3-4-6-19(18)22)14-27-28-24(32)16-7-9-21(30)20(25)13-16/h3-10,13-14,30H,11-12,15H2,1-2H3,(H,26,31)(H,28,32)/b27-14+. The second-order valence-corrected chi connectivity index (χ2v) is 7.91. The normalized spacial score (nSPS) is 11.2. The summed E-state index contributed by atoms with van der Waals surface area (Å²) in [5, 5.41) is 18.1. The number of amides is 2. The van der Waals surface area contributed by atoms with Gasteiger partial charge in [-0.15, -0.1) is 0 Å². The number of phenolic OH excluding ortho intramolecular Hbond substituents is 1. The number of carbonyl (C=O) groups excluding carboxylic acids is 2. The van der Waals surface area contributed by atoms with E-state index in [2.05, 4.69) is 15.8 Å². The van der Waals surface area contributed by atoms with E-state index in [0.717, 1.165) is 22.9 Å². The first-order chi connectivity index (χ1) is 15.8. The van der Waals surface area contributed by atoms with Crippen molar-refractivity contribution in [3.05, 3.63) is 70.7 Å². The van der Waals surface area contributed by atoms with Crippen molar-refractivity contribution in [2.75, 3.05) is 33.8 Å². The Morgan fingerprint density at radius 2 is 1.88 bits per heavy atom. The molecule has 0 saturated carbocycles. The zero-order valence-corrected chi connectivity index (χ0v) is 19.1. The Balaban J connectivity index is 1.67. The molecule has 33 heavy (non-hydrogen) atoms. The van der Waals surface area contributed by atoms with Gasteiger partial charge in [0, 0.05) is 29.6 Å². The molecule has 8 nitrogen and oxygen atoms in total. The van der Waals surface area contributed by atoms with Crippen LogP contribution in [0.2, 0.25) is 5.02 Å². The van der Waals surface area contributed by atoms with Gasteiger partial charge in [0.25, 0.3) is 11.8 Å². The number of nitrogens with zero attached hydrogens (tertiary/aromatic N) is 2. The molecule has 9 heteroatoms. The molecule has 0 aliphatic heterocycles. The molecular formula is C24H25ClN4O4. The summed E-state index contributed by atoms with van der Waals surface area (Å²) in [6.45, 7) is 1.21. The molecule has 0 heterocycles. The number of hydrogen-bond acceptors (Lipinski definition) is 6. The molecule has 3 rings (SSSR count). The lowest BCUT2D eigenvalue weighted by Gasteiger charge is -2.12. The Labute approximate surface area is 196 Å². The smallest absolute Gasteiger partial charge is 0.271 e. The van der Waals surface area contributed by atoms with Crippen LogP contribution < -0.4 is 15.5 Å². The summed E-state index contributed by atoms with van der Waals surface area (Å²) in [4.78, 5) is 26.3. The molecule has 0 spiro atoms. The number of halogens is 1. The first-order valence-electron chi connectivity index (χ1n) is 10.2. The van der Waals surface area contributed by atoms with Gasteiger partial charge < -0.3 is 20.1 Å². The highest BCUT2D eigenvalue weighted by Crippen LogP contribution is 2.28. The average Bonchev–Trinajstić information content (AvgIpc) is 2.79. The van der Waals surface area contributed by atoms with Gasteiger partial charge in [0.15, 0.2) is 6.61 Å². The van der Waals surface area contributed by atoms with E-state index in [4.69, 9.17) is 16.3 Å². The Bertz CT molecular complexity index is 1180. The van der Waals surface area contributed by atoms with Gasteiger partial charge >= 0.3 is 0 Å². The monoisotopic (exact) mass is 468 g/mol. The van der Waals surface area contributed by atoms with Crippen molar-refractivity contribution in [3.63, 3.8) is 0 Å². The largest absolute Gasteiger partial charge is 0.506 e. The number of rotatable bonds is 9. The van der Waals surface area contributed by atoms with E-state index in [1.165, 1.54) is 24.4 Å². The molecule has 2 amide bonds. The minimum absolute atomic E-state index is 0.0830. The Morgan fingerprint density at radius 1 is 1.12 bits per heavy atom. The van der Waals surface area contributed by atoms with Gasteiger partial charge in [0.05, 0.1) is 11.2 Å². The summed E-state index contributed by atoms with van der Waals surface area (Å²) in [5.41, 5.74) is 3.48. The molecule has 0 bridgehead atoms. The van der Waals surface area contributed by atoms with Crippen molar-refractivity contribution in [3.8, 4) is 11.5 Å². The van der Waals surface area contributed by atoms with Crippen LogP contribution in [-0.4, -0.2) is 61.8 Å². The van der Waals surface area contributed by atoms with Crippen LogP contribution in [0.15, 0.2) is 59.7 Å². The summed E-state index contributed by atoms with van der Waals surface area (Å²) >= 11 is 5.84. The molecule has 172 valence electrons. The molecule has 0 radical (unpaired) electrons. The number of phenols is 1. The first kappa shape index (κ1) is 24.0. The van der Waals surface area contributed by atoms with E-state index < -0.39 is 5.91 Å². The summed E-state index contributed by atoms with van der Waals surface area (Å²) in [7, 11) is 3.88. The number of hydrogen-bond donors (Lipinski definition) is 3. The summed E-state index contributed by atoms with van der Waals surface area (Å²) in [6, 6.07) is 15.3. The maximum absolute atomic E-state index is 12.3. The zero-order valence-electron chi connectivity index (χ0n) is 18.3. The Morgan fingerprint density at radius 3 is 2.61 bits per heavy atom. The van der Waals surface area contributed by atoms with Gasteiger partial charge in [0.1, 0.15) is 11.5 Å². The lowest BCUT2D eigenvalue weighted by atomic mass is 10.0. The quantitative estimate of drug-likeness (QED) is 0.331. The molecular weight excluding hydrogens is 444 g/mol. The van der Waals surface area contributed by atoms with E-state index in [9.17, 15) is 14.7 Å². The predicted molar refractivity (Wildman–Crippen MR) is 129 cm³/mol. The van der Waals surface area contributed by atoms with Crippen molar-refractivity contribution in [2.45, 2.75) is 0 Å². The van der Waals surface area contributed by atoms with Crippen LogP contribution in [0.5, 0.6) is 11.5 Å². The van der Waals surface area contributed by atoms with Gasteiger partial charge in [-0.1, -0.05) is 35.9 Å². The van der Waals surface area contributed by atoms with Crippen LogP contribution in [-0.2, 0) is 4.79 Å². The number of carbonyl (C=O) groups is 2. The first-order valence-corrected chi connectivity index (χ1v) is 10.6. The van der Waals surface area contributed by atoms with Crippen molar-refractivity contribution in [1.82, 2.24) is 15.6 Å². The fourth-order valence-corrected chi connectivity index (χ4v) is 3.20. The third-order valence-electron chi connectivity index (χ3n) is 4.74. The molecule has 3 aromatic carbocycles. The van der Waals surface area contributed by atoms with Crippen LogP contribution in [0.4, 0.5) is 0 Å². The van der Waals surface area contributed by atoms with Crippen LogP contribution >= 0.6 is 11.6 Å². The van der Waals surface area contributed by atoms with Crippen molar-refractivity contribution in [2.24, 2.45) is 5.10 Å². The van der Waals surface area contributed by atoms with Crippen LogP contribution in [0.1, 0.15) is 15.9 Å². The lowest BCUT2D eigenvalue weighted by Crippen LogP contribution is -2.34. The molecule has 0 aliphatic rings. The van der Waals surface area contributed by atoms with Gasteiger partial charge in [-0.3, -0.25) is 9.59 Å². The van der Waals surface area contributed by atoms with Gasteiger partial charge in [0.2, 0.25) is 0 Å². The van der Waals surface area contributed by atoms with E-state index >= 15 is 0 Å². The molecule has 0 atom stereocenters. The topological polar surface area (TPSA) is 103 Å². The average molecular weight is 469 g/mol. The second-order valence-electron chi connectivity index (χ2n) is 7.51. The number of benzene rings is 3. The number of nitrogens with one attached hydrogen (secondary N) is 2. The highest BCUT2D eigenvalue weighted by atomic mass is 35.5. The number of aromatic hydroxyl groups is 1. The van der Waals surface area contributed by atoms with Gasteiger partial charge in [-0.2, -0.15) is 5.10 Å². The SMILES string of the molecule is CN(C)CCNC(=O)COc1ccc(/C=N/NC(=O)c2ccc(O)c(Cl)c2)c2ccccc12. The molecule has 0 saturated heterocycles. The lowest BCUT2D eigenvalue weighted by molar-refractivity contribution is -0.123. The van der Waals surface area contributed by atoms with Crippen molar-refractivity contribution < 1.29 is 19.4 Å². The highest BCUT2D eigenvalue weighted by molar-refractivity contribution is 6.32. The second kappa shape index (κ2) is 11.3. The van der Waals surface area contributed by atoms with Crippen LogP contribution in [0.25, 0.3) is 10.8 Å². The van der Waals surface area contributed by atoms with Crippen molar-refractivity contribution in [1.29, 1.82) is 0 Å². The van der Waals surface area contributed by atoms with Crippen LogP contribution in [0, 0.1) is 0 Å². The molecule has 0 unspecified atom stereocenters. The Kier molecular flexibility index (Phi) is 8.23. The predicted octanol–water partition coefficient (Wildman–Crippen LogP) is 3.02. The molecule has 3 aromatic rings. The fraction of sp³-hybridized carbons (Fsp3) is 0.208. The number of ether oxygens (including phenoxy) is 1. The highest BCUT2D eigenvalue weighted by Gasteiger charge is 2.10. The van der Waals surface area contributed by atoms with E-state index in [1.807, 2.05) is 43.3 Å². The van der Waals surface area contributed by atoms with E-state index in [0.29, 0.717) is 12.3 Å². The maximum Gasteiger partial charge on any atom is 0.271 e.